The Balaban J connectivity index is 1.70. The third kappa shape index (κ3) is 3.79. The molecule has 22 heavy (non-hydrogen) atoms. The number of hydrogen-bond acceptors (Lipinski definition) is 3. The van der Waals surface area contributed by atoms with Gasteiger partial charge >= 0.3 is 5.97 Å². The molecule has 1 N–H and O–H groups in total. The summed E-state index contributed by atoms with van der Waals surface area (Å²) < 4.78 is 11.4. The molecule has 0 atom stereocenters. The highest BCUT2D eigenvalue weighted by Gasteiger charge is 2.23. The molecule has 2 aromatic rings. The van der Waals surface area contributed by atoms with Crippen LogP contribution in [-0.4, -0.2) is 17.7 Å². The molecule has 4 nitrogen and oxygen atoms in total. The Hall–Kier alpha value is -2.49. The van der Waals surface area contributed by atoms with Gasteiger partial charge in [-0.1, -0.05) is 30.3 Å². The van der Waals surface area contributed by atoms with E-state index in [1.54, 1.807) is 12.1 Å². The van der Waals surface area contributed by atoms with E-state index in [1.165, 1.54) is 6.07 Å². The first kappa shape index (κ1) is 14.4. The molecule has 0 amide bonds. The van der Waals surface area contributed by atoms with Crippen LogP contribution in [0, 0.1) is 5.92 Å². The van der Waals surface area contributed by atoms with Crippen LogP contribution in [0.4, 0.5) is 0 Å². The standard InChI is InChI=1S/C18H18O4/c19-18(20)16-9-8-15(10-17(16)22-12-14-6-7-14)21-11-13-4-2-1-3-5-13/h1-5,8-10,14H,6-7,11-12H2,(H,19,20). The van der Waals surface area contributed by atoms with Crippen molar-refractivity contribution in [3.8, 4) is 11.5 Å². The van der Waals surface area contributed by atoms with Gasteiger partial charge in [-0.2, -0.15) is 0 Å². The molecule has 0 bridgehead atoms. The van der Waals surface area contributed by atoms with E-state index in [1.807, 2.05) is 30.3 Å². The highest BCUT2D eigenvalue weighted by atomic mass is 16.5. The average molecular weight is 298 g/mol. The van der Waals surface area contributed by atoms with E-state index in [2.05, 4.69) is 0 Å². The minimum atomic E-state index is -0.986. The number of ether oxygens (including phenoxy) is 2. The van der Waals surface area contributed by atoms with Crippen LogP contribution in [-0.2, 0) is 6.61 Å². The summed E-state index contributed by atoms with van der Waals surface area (Å²) in [7, 11) is 0. The highest BCUT2D eigenvalue weighted by Crippen LogP contribution is 2.32. The Morgan fingerprint density at radius 2 is 1.86 bits per heavy atom. The quantitative estimate of drug-likeness (QED) is 0.845. The molecule has 0 unspecified atom stereocenters. The van der Waals surface area contributed by atoms with Crippen molar-refractivity contribution in [1.82, 2.24) is 0 Å². The number of hydrogen-bond donors (Lipinski definition) is 1. The van der Waals surface area contributed by atoms with Crippen LogP contribution in [0.5, 0.6) is 11.5 Å². The second-order valence-electron chi connectivity index (χ2n) is 5.49. The molecule has 0 heterocycles. The molecule has 0 spiro atoms. The summed E-state index contributed by atoms with van der Waals surface area (Å²) in [5.74, 6) is 0.570. The van der Waals surface area contributed by atoms with E-state index in [0.717, 1.165) is 18.4 Å². The topological polar surface area (TPSA) is 55.8 Å². The van der Waals surface area contributed by atoms with E-state index in [9.17, 15) is 9.90 Å². The van der Waals surface area contributed by atoms with Gasteiger partial charge in [-0.15, -0.1) is 0 Å². The maximum atomic E-state index is 11.3. The molecule has 1 saturated carbocycles. The molecule has 114 valence electrons. The first-order valence-corrected chi connectivity index (χ1v) is 7.39. The third-order valence-electron chi connectivity index (χ3n) is 3.60. The van der Waals surface area contributed by atoms with Gasteiger partial charge in [-0.3, -0.25) is 0 Å². The fraction of sp³-hybridized carbons (Fsp3) is 0.278. The Bertz CT molecular complexity index is 647. The summed E-state index contributed by atoms with van der Waals surface area (Å²) in [6, 6.07) is 14.7. The second-order valence-corrected chi connectivity index (χ2v) is 5.49. The van der Waals surface area contributed by atoms with Gasteiger partial charge in [0.05, 0.1) is 6.61 Å². The monoisotopic (exact) mass is 298 g/mol. The van der Waals surface area contributed by atoms with Crippen molar-refractivity contribution in [2.75, 3.05) is 6.61 Å². The average Bonchev–Trinajstić information content (AvgIpc) is 3.36. The van der Waals surface area contributed by atoms with Gasteiger partial charge in [-0.05, 0) is 36.5 Å². The largest absolute Gasteiger partial charge is 0.492 e. The molecule has 0 saturated heterocycles. The lowest BCUT2D eigenvalue weighted by Crippen LogP contribution is -2.06. The van der Waals surface area contributed by atoms with Crippen LogP contribution < -0.4 is 9.47 Å². The van der Waals surface area contributed by atoms with Gasteiger partial charge in [0.25, 0.3) is 0 Å². The smallest absolute Gasteiger partial charge is 0.339 e. The predicted octanol–water partition coefficient (Wildman–Crippen LogP) is 3.75. The summed E-state index contributed by atoms with van der Waals surface area (Å²) in [6.07, 6.45) is 2.32. The number of carboxylic acids is 1. The van der Waals surface area contributed by atoms with Gasteiger partial charge in [0, 0.05) is 6.07 Å². The summed E-state index contributed by atoms with van der Waals surface area (Å²) in [5.41, 5.74) is 1.23. The van der Waals surface area contributed by atoms with Crippen molar-refractivity contribution in [2.45, 2.75) is 19.4 Å². The lowest BCUT2D eigenvalue weighted by Gasteiger charge is -2.12. The fourth-order valence-corrected chi connectivity index (χ4v) is 2.12. The number of aromatic carboxylic acids is 1. The van der Waals surface area contributed by atoms with Crippen LogP contribution in [0.3, 0.4) is 0 Å². The number of carbonyl (C=O) groups is 1. The third-order valence-corrected chi connectivity index (χ3v) is 3.60. The van der Waals surface area contributed by atoms with Crippen molar-refractivity contribution < 1.29 is 19.4 Å². The molecule has 0 aliphatic heterocycles. The van der Waals surface area contributed by atoms with Crippen LogP contribution in [0.2, 0.25) is 0 Å². The molecule has 1 aliphatic rings. The normalized spacial score (nSPS) is 13.6. The summed E-state index contributed by atoms with van der Waals surface area (Å²) >= 11 is 0. The Labute approximate surface area is 129 Å². The van der Waals surface area contributed by atoms with Crippen molar-refractivity contribution in [3.05, 3.63) is 59.7 Å². The van der Waals surface area contributed by atoms with Gasteiger partial charge in [0.1, 0.15) is 23.7 Å². The molecular formula is C18H18O4. The summed E-state index contributed by atoms with van der Waals surface area (Å²) in [6.45, 7) is 1.01. The maximum Gasteiger partial charge on any atom is 0.339 e. The van der Waals surface area contributed by atoms with E-state index in [4.69, 9.17) is 9.47 Å². The molecule has 1 fully saturated rings. The predicted molar refractivity (Wildman–Crippen MR) is 82.4 cm³/mol. The zero-order valence-corrected chi connectivity index (χ0v) is 12.2. The molecular weight excluding hydrogens is 280 g/mol. The molecule has 0 radical (unpaired) electrons. The summed E-state index contributed by atoms with van der Waals surface area (Å²) in [4.78, 5) is 11.3. The van der Waals surface area contributed by atoms with Gasteiger partial charge in [-0.25, -0.2) is 4.79 Å². The highest BCUT2D eigenvalue weighted by molar-refractivity contribution is 5.91. The first-order chi connectivity index (χ1) is 10.7. The Morgan fingerprint density at radius 3 is 2.55 bits per heavy atom. The SMILES string of the molecule is O=C(O)c1ccc(OCc2ccccc2)cc1OCC1CC1. The van der Waals surface area contributed by atoms with Crippen molar-refractivity contribution in [1.29, 1.82) is 0 Å². The van der Waals surface area contributed by atoms with Crippen LogP contribution in [0.15, 0.2) is 48.5 Å². The number of rotatable bonds is 7. The maximum absolute atomic E-state index is 11.3. The van der Waals surface area contributed by atoms with Crippen LogP contribution in [0.25, 0.3) is 0 Å². The first-order valence-electron chi connectivity index (χ1n) is 7.39. The van der Waals surface area contributed by atoms with E-state index >= 15 is 0 Å². The minimum Gasteiger partial charge on any atom is -0.492 e. The molecule has 4 heteroatoms. The second kappa shape index (κ2) is 6.52. The minimum absolute atomic E-state index is 0.174. The molecule has 1 aliphatic carbocycles. The fourth-order valence-electron chi connectivity index (χ4n) is 2.12. The lowest BCUT2D eigenvalue weighted by molar-refractivity contribution is 0.0692. The van der Waals surface area contributed by atoms with E-state index in [0.29, 0.717) is 30.6 Å². The van der Waals surface area contributed by atoms with Gasteiger partial charge in [0.15, 0.2) is 0 Å². The zero-order chi connectivity index (χ0) is 15.4. The van der Waals surface area contributed by atoms with Crippen LogP contribution >= 0.6 is 0 Å². The number of carboxylic acid groups (broad SMARTS) is 1. The van der Waals surface area contributed by atoms with E-state index < -0.39 is 5.97 Å². The van der Waals surface area contributed by atoms with Crippen molar-refractivity contribution >= 4 is 5.97 Å². The number of benzene rings is 2. The molecule has 0 aromatic heterocycles. The zero-order valence-electron chi connectivity index (χ0n) is 12.2. The Kier molecular flexibility index (Phi) is 4.28. The lowest BCUT2D eigenvalue weighted by atomic mass is 10.2. The van der Waals surface area contributed by atoms with E-state index in [-0.39, 0.29) is 5.56 Å². The van der Waals surface area contributed by atoms with Gasteiger partial charge < -0.3 is 14.6 Å². The molecule has 2 aromatic carbocycles. The van der Waals surface area contributed by atoms with Crippen molar-refractivity contribution in [3.63, 3.8) is 0 Å². The summed E-state index contributed by atoms with van der Waals surface area (Å²) in [5, 5.41) is 9.22. The Morgan fingerprint density at radius 1 is 1.09 bits per heavy atom. The molecule has 3 rings (SSSR count). The van der Waals surface area contributed by atoms with Crippen LogP contribution in [0.1, 0.15) is 28.8 Å². The van der Waals surface area contributed by atoms with Gasteiger partial charge in [0.2, 0.25) is 0 Å². The van der Waals surface area contributed by atoms with Crippen molar-refractivity contribution in [2.24, 2.45) is 5.92 Å².